The zero-order chi connectivity index (χ0) is 21.2. The zero-order valence-corrected chi connectivity index (χ0v) is 17.5. The minimum Gasteiger partial charge on any atom is -0.457 e. The van der Waals surface area contributed by atoms with Gasteiger partial charge in [0.05, 0.1) is 4.90 Å². The van der Waals surface area contributed by atoms with Gasteiger partial charge in [0.15, 0.2) is 0 Å². The van der Waals surface area contributed by atoms with Gasteiger partial charge in [-0.15, -0.1) is 0 Å². The van der Waals surface area contributed by atoms with E-state index in [0.717, 1.165) is 4.31 Å². The Kier molecular flexibility index (Phi) is 6.18. The third-order valence-corrected chi connectivity index (χ3v) is 7.80. The standard InChI is InChI=1S/C19H21FN2O5S2/c1-19(2)17(18(23)21-24)22(11-12-28-19)29(25,26)16-9-7-15(8-10-16)27-14-5-3-13(20)4-6-14/h3-10,17,24H,11-12H2,1-2H3,(H,21,23). The third kappa shape index (κ3) is 4.55. The van der Waals surface area contributed by atoms with Crippen LogP contribution in [0.3, 0.4) is 0 Å². The fourth-order valence-electron chi connectivity index (χ4n) is 3.17. The smallest absolute Gasteiger partial charge is 0.263 e. The molecule has 1 heterocycles. The zero-order valence-electron chi connectivity index (χ0n) is 15.8. The number of hydroxylamine groups is 1. The van der Waals surface area contributed by atoms with E-state index in [9.17, 15) is 17.6 Å². The number of hydrogen-bond donors (Lipinski definition) is 2. The van der Waals surface area contributed by atoms with Gasteiger partial charge in [0.25, 0.3) is 5.91 Å². The quantitative estimate of drug-likeness (QED) is 0.548. The van der Waals surface area contributed by atoms with Crippen molar-refractivity contribution in [1.29, 1.82) is 0 Å². The second-order valence-electron chi connectivity index (χ2n) is 6.97. The van der Waals surface area contributed by atoms with Gasteiger partial charge in [-0.1, -0.05) is 0 Å². The molecular weight excluding hydrogens is 419 g/mol. The van der Waals surface area contributed by atoms with Crippen LogP contribution in [-0.4, -0.2) is 46.9 Å². The summed E-state index contributed by atoms with van der Waals surface area (Å²) >= 11 is 1.47. The van der Waals surface area contributed by atoms with Gasteiger partial charge in [-0.05, 0) is 62.4 Å². The minimum absolute atomic E-state index is 0.00222. The first-order valence-corrected chi connectivity index (χ1v) is 11.2. The summed E-state index contributed by atoms with van der Waals surface area (Å²) in [6.45, 7) is 3.67. The van der Waals surface area contributed by atoms with Crippen molar-refractivity contribution in [3.63, 3.8) is 0 Å². The maximum atomic E-state index is 13.2. The molecule has 0 aliphatic carbocycles. The van der Waals surface area contributed by atoms with Crippen molar-refractivity contribution in [2.45, 2.75) is 29.5 Å². The van der Waals surface area contributed by atoms with Crippen LogP contribution in [0, 0.1) is 5.82 Å². The molecule has 1 fully saturated rings. The van der Waals surface area contributed by atoms with Crippen LogP contribution in [0.1, 0.15) is 13.8 Å². The Labute approximate surface area is 172 Å². The lowest BCUT2D eigenvalue weighted by Gasteiger charge is -2.43. The van der Waals surface area contributed by atoms with Gasteiger partial charge < -0.3 is 4.74 Å². The van der Waals surface area contributed by atoms with E-state index in [2.05, 4.69) is 0 Å². The van der Waals surface area contributed by atoms with Crippen LogP contribution < -0.4 is 10.2 Å². The summed E-state index contributed by atoms with van der Waals surface area (Å²) in [6, 6.07) is 10.1. The van der Waals surface area contributed by atoms with Gasteiger partial charge in [0.1, 0.15) is 23.4 Å². The fourth-order valence-corrected chi connectivity index (χ4v) is 6.28. The SMILES string of the molecule is CC1(C)SCCN(S(=O)(=O)c2ccc(Oc3ccc(F)cc3)cc2)C1C(=O)NO. The topological polar surface area (TPSA) is 95.9 Å². The summed E-state index contributed by atoms with van der Waals surface area (Å²) in [5.41, 5.74) is 1.58. The Morgan fingerprint density at radius 3 is 2.28 bits per heavy atom. The van der Waals surface area contributed by atoms with Crippen molar-refractivity contribution in [3.05, 3.63) is 54.3 Å². The van der Waals surface area contributed by atoms with E-state index < -0.39 is 26.7 Å². The molecule has 0 bridgehead atoms. The first-order valence-electron chi connectivity index (χ1n) is 8.78. The summed E-state index contributed by atoms with van der Waals surface area (Å²) in [7, 11) is -3.99. The number of ether oxygens (including phenoxy) is 1. The molecule has 7 nitrogen and oxygen atoms in total. The molecule has 1 aliphatic rings. The van der Waals surface area contributed by atoms with Gasteiger partial charge in [-0.3, -0.25) is 10.0 Å². The number of carbonyl (C=O) groups is 1. The molecule has 29 heavy (non-hydrogen) atoms. The minimum atomic E-state index is -3.99. The number of carbonyl (C=O) groups excluding carboxylic acids is 1. The number of thioether (sulfide) groups is 1. The number of sulfonamides is 1. The normalized spacial score (nSPS) is 19.5. The molecule has 10 heteroatoms. The number of amides is 1. The Morgan fingerprint density at radius 2 is 1.72 bits per heavy atom. The number of hydrogen-bond acceptors (Lipinski definition) is 6. The van der Waals surface area contributed by atoms with E-state index in [1.54, 1.807) is 19.3 Å². The molecule has 0 radical (unpaired) electrons. The average Bonchev–Trinajstić information content (AvgIpc) is 2.68. The van der Waals surface area contributed by atoms with Gasteiger partial charge in [-0.2, -0.15) is 16.1 Å². The molecule has 0 spiro atoms. The number of nitrogens with zero attached hydrogens (tertiary/aromatic N) is 1. The average molecular weight is 441 g/mol. The molecule has 2 aromatic carbocycles. The molecule has 2 N–H and O–H groups in total. The monoisotopic (exact) mass is 440 g/mol. The molecule has 0 saturated carbocycles. The molecule has 1 amide bonds. The van der Waals surface area contributed by atoms with Crippen molar-refractivity contribution in [1.82, 2.24) is 9.79 Å². The van der Waals surface area contributed by atoms with E-state index in [1.165, 1.54) is 60.3 Å². The van der Waals surface area contributed by atoms with E-state index in [-0.39, 0.29) is 17.3 Å². The fraction of sp³-hybridized carbons (Fsp3) is 0.316. The summed E-state index contributed by atoms with van der Waals surface area (Å²) in [4.78, 5) is 12.2. The highest BCUT2D eigenvalue weighted by molar-refractivity contribution is 8.00. The van der Waals surface area contributed by atoms with E-state index >= 15 is 0 Å². The Morgan fingerprint density at radius 1 is 1.17 bits per heavy atom. The van der Waals surface area contributed by atoms with Gasteiger partial charge in [-0.25, -0.2) is 18.3 Å². The summed E-state index contributed by atoms with van der Waals surface area (Å²) in [5.74, 6) is 0.156. The lowest BCUT2D eigenvalue weighted by atomic mass is 10.0. The Bertz CT molecular complexity index is 979. The predicted molar refractivity (Wildman–Crippen MR) is 107 cm³/mol. The molecule has 1 saturated heterocycles. The summed E-state index contributed by atoms with van der Waals surface area (Å²) < 4.78 is 45.3. The molecular formula is C19H21FN2O5S2. The largest absolute Gasteiger partial charge is 0.457 e. The van der Waals surface area contributed by atoms with Crippen molar-refractivity contribution in [3.8, 4) is 11.5 Å². The van der Waals surface area contributed by atoms with Crippen LogP contribution in [0.2, 0.25) is 0 Å². The van der Waals surface area contributed by atoms with Crippen LogP contribution in [0.25, 0.3) is 0 Å². The lowest BCUT2D eigenvalue weighted by Crippen LogP contribution is -2.61. The van der Waals surface area contributed by atoms with E-state index in [1.807, 2.05) is 0 Å². The second kappa shape index (κ2) is 8.31. The molecule has 1 atom stereocenters. The second-order valence-corrected chi connectivity index (χ2v) is 10.6. The van der Waals surface area contributed by atoms with Crippen molar-refractivity contribution < 1.29 is 27.5 Å². The first kappa shape index (κ1) is 21.6. The van der Waals surface area contributed by atoms with Gasteiger partial charge in [0.2, 0.25) is 10.0 Å². The van der Waals surface area contributed by atoms with Crippen molar-refractivity contribution in [2.75, 3.05) is 12.3 Å². The highest BCUT2D eigenvalue weighted by atomic mass is 32.2. The predicted octanol–water partition coefficient (Wildman–Crippen LogP) is 3.01. The summed E-state index contributed by atoms with van der Waals surface area (Å²) in [6.07, 6.45) is 0. The Hall–Kier alpha value is -2.14. The first-order chi connectivity index (χ1) is 13.6. The highest BCUT2D eigenvalue weighted by Crippen LogP contribution is 2.38. The van der Waals surface area contributed by atoms with Gasteiger partial charge in [0, 0.05) is 17.0 Å². The number of nitrogens with one attached hydrogen (secondary N) is 1. The van der Waals surface area contributed by atoms with Crippen LogP contribution in [-0.2, 0) is 14.8 Å². The maximum absolute atomic E-state index is 13.2. The highest BCUT2D eigenvalue weighted by Gasteiger charge is 2.48. The maximum Gasteiger partial charge on any atom is 0.263 e. The molecule has 156 valence electrons. The Balaban J connectivity index is 1.86. The molecule has 2 aromatic rings. The van der Waals surface area contributed by atoms with Crippen molar-refractivity contribution >= 4 is 27.7 Å². The van der Waals surface area contributed by atoms with Crippen LogP contribution in [0.4, 0.5) is 4.39 Å². The van der Waals surface area contributed by atoms with Crippen LogP contribution in [0.15, 0.2) is 53.4 Å². The summed E-state index contributed by atoms with van der Waals surface area (Å²) in [5, 5.41) is 9.10. The van der Waals surface area contributed by atoms with Crippen molar-refractivity contribution in [2.24, 2.45) is 0 Å². The molecule has 3 rings (SSSR count). The van der Waals surface area contributed by atoms with Gasteiger partial charge >= 0.3 is 0 Å². The van der Waals surface area contributed by atoms with E-state index in [4.69, 9.17) is 9.94 Å². The van der Waals surface area contributed by atoms with Crippen LogP contribution in [0.5, 0.6) is 11.5 Å². The molecule has 0 aromatic heterocycles. The third-order valence-electron chi connectivity index (χ3n) is 4.57. The van der Waals surface area contributed by atoms with Crippen LogP contribution >= 0.6 is 11.8 Å². The number of halogens is 1. The lowest BCUT2D eigenvalue weighted by molar-refractivity contribution is -0.134. The molecule has 1 unspecified atom stereocenters. The number of rotatable bonds is 5. The molecule has 1 aliphatic heterocycles. The van der Waals surface area contributed by atoms with E-state index in [0.29, 0.717) is 17.3 Å². The number of benzene rings is 2.